The number of ether oxygens (including phenoxy) is 1. The second-order valence-corrected chi connectivity index (χ2v) is 6.40. The Kier molecular flexibility index (Phi) is 5.92. The number of anilines is 1. The van der Waals surface area contributed by atoms with Crippen LogP contribution in [0.4, 0.5) is 16.2 Å². The Morgan fingerprint density at radius 3 is 2.54 bits per heavy atom. The van der Waals surface area contributed by atoms with Gasteiger partial charge in [-0.1, -0.05) is 60.1 Å². The monoisotopic (exact) mass is 392 g/mol. The molecule has 126 valence electrons. The van der Waals surface area contributed by atoms with Gasteiger partial charge in [0.15, 0.2) is 0 Å². The lowest BCUT2D eigenvalue weighted by molar-refractivity contribution is -0.384. The van der Waals surface area contributed by atoms with Crippen LogP contribution in [0, 0.1) is 10.1 Å². The maximum Gasteiger partial charge on any atom is 0.412 e. The Balaban J connectivity index is 2.21. The third-order valence-corrected chi connectivity index (χ3v) is 3.83. The average molecular weight is 393 g/mol. The van der Waals surface area contributed by atoms with Crippen molar-refractivity contribution in [2.24, 2.45) is 0 Å². The van der Waals surface area contributed by atoms with Gasteiger partial charge < -0.3 is 4.74 Å². The molecule has 0 unspecified atom stereocenters. The maximum atomic E-state index is 12.1. The molecule has 0 aliphatic rings. The standard InChI is InChI=1S/C17H17BrN2O4/c1-11(2)14-8-13(18)9-15(20(22)23)16(14)19-17(21)24-10-12-6-4-3-5-7-12/h3-9,11H,10H2,1-2H3,(H,19,21). The minimum absolute atomic E-state index is 0.00868. The minimum Gasteiger partial charge on any atom is -0.444 e. The molecule has 6 nitrogen and oxygen atoms in total. The number of nitro benzene ring substituents is 1. The molecule has 24 heavy (non-hydrogen) atoms. The van der Waals surface area contributed by atoms with Crippen LogP contribution in [0.2, 0.25) is 0 Å². The van der Waals surface area contributed by atoms with Gasteiger partial charge in [-0.15, -0.1) is 0 Å². The smallest absolute Gasteiger partial charge is 0.412 e. The van der Waals surface area contributed by atoms with Gasteiger partial charge in [-0.3, -0.25) is 15.4 Å². The number of hydrogen-bond acceptors (Lipinski definition) is 4. The zero-order valence-corrected chi connectivity index (χ0v) is 14.9. The van der Waals surface area contributed by atoms with Gasteiger partial charge in [-0.05, 0) is 23.1 Å². The number of nitrogens with zero attached hydrogens (tertiary/aromatic N) is 1. The summed E-state index contributed by atoms with van der Waals surface area (Å²) in [5.41, 5.74) is 1.48. The third-order valence-electron chi connectivity index (χ3n) is 3.37. The summed E-state index contributed by atoms with van der Waals surface area (Å²) in [5.74, 6) is -0.00868. The number of hydrogen-bond donors (Lipinski definition) is 1. The molecule has 0 atom stereocenters. The summed E-state index contributed by atoms with van der Waals surface area (Å²) in [7, 11) is 0. The van der Waals surface area contributed by atoms with Crippen molar-refractivity contribution in [1.82, 2.24) is 0 Å². The molecule has 0 heterocycles. The first-order chi connectivity index (χ1) is 11.4. The van der Waals surface area contributed by atoms with Crippen molar-refractivity contribution in [3.05, 3.63) is 68.2 Å². The predicted octanol–water partition coefficient (Wildman–Crippen LogP) is 5.23. The predicted molar refractivity (Wildman–Crippen MR) is 95.1 cm³/mol. The molecule has 0 radical (unpaired) electrons. The van der Waals surface area contributed by atoms with Crippen molar-refractivity contribution in [2.45, 2.75) is 26.4 Å². The highest BCUT2D eigenvalue weighted by molar-refractivity contribution is 9.10. The van der Waals surface area contributed by atoms with Crippen molar-refractivity contribution in [2.75, 3.05) is 5.32 Å². The summed E-state index contributed by atoms with van der Waals surface area (Å²) < 4.78 is 5.73. The van der Waals surface area contributed by atoms with E-state index in [1.807, 2.05) is 44.2 Å². The first-order valence-corrected chi connectivity index (χ1v) is 8.13. The number of halogens is 1. The quantitative estimate of drug-likeness (QED) is 0.557. The molecule has 7 heteroatoms. The largest absolute Gasteiger partial charge is 0.444 e. The van der Waals surface area contributed by atoms with Crippen LogP contribution in [-0.4, -0.2) is 11.0 Å². The number of carbonyl (C=O) groups excluding carboxylic acids is 1. The zero-order chi connectivity index (χ0) is 17.7. The Bertz CT molecular complexity index is 748. The molecular formula is C17H17BrN2O4. The van der Waals surface area contributed by atoms with Crippen molar-refractivity contribution in [3.63, 3.8) is 0 Å². The fraction of sp³-hybridized carbons (Fsp3) is 0.235. The van der Waals surface area contributed by atoms with Crippen LogP contribution in [0.15, 0.2) is 46.9 Å². The molecule has 2 aromatic carbocycles. The Morgan fingerprint density at radius 1 is 1.29 bits per heavy atom. The van der Waals surface area contributed by atoms with Gasteiger partial charge in [0.2, 0.25) is 0 Å². The molecule has 0 aliphatic heterocycles. The summed E-state index contributed by atoms with van der Waals surface area (Å²) >= 11 is 3.26. The van der Waals surface area contributed by atoms with E-state index >= 15 is 0 Å². The Labute approximate surface area is 148 Å². The summed E-state index contributed by atoms with van der Waals surface area (Å²) in [6.07, 6.45) is -0.730. The fourth-order valence-electron chi connectivity index (χ4n) is 2.21. The molecule has 0 fully saturated rings. The zero-order valence-electron chi connectivity index (χ0n) is 13.3. The van der Waals surface area contributed by atoms with Gasteiger partial charge in [0, 0.05) is 10.5 Å². The second kappa shape index (κ2) is 7.92. The molecule has 0 bridgehead atoms. The minimum atomic E-state index is -0.730. The highest BCUT2D eigenvalue weighted by atomic mass is 79.9. The highest BCUT2D eigenvalue weighted by Gasteiger charge is 2.23. The van der Waals surface area contributed by atoms with E-state index < -0.39 is 11.0 Å². The fourth-order valence-corrected chi connectivity index (χ4v) is 2.67. The van der Waals surface area contributed by atoms with Crippen LogP contribution < -0.4 is 5.32 Å². The van der Waals surface area contributed by atoms with E-state index in [4.69, 9.17) is 4.74 Å². The van der Waals surface area contributed by atoms with Crippen molar-refractivity contribution in [3.8, 4) is 0 Å². The summed E-state index contributed by atoms with van der Waals surface area (Å²) in [6, 6.07) is 12.3. The van der Waals surface area contributed by atoms with E-state index in [0.717, 1.165) is 5.56 Å². The molecule has 0 aliphatic carbocycles. The number of benzene rings is 2. The summed E-state index contributed by atoms with van der Waals surface area (Å²) in [4.78, 5) is 22.8. The van der Waals surface area contributed by atoms with Gasteiger partial charge >= 0.3 is 6.09 Å². The van der Waals surface area contributed by atoms with Crippen LogP contribution in [0.3, 0.4) is 0 Å². The Morgan fingerprint density at radius 2 is 1.96 bits per heavy atom. The van der Waals surface area contributed by atoms with Crippen LogP contribution in [0.1, 0.15) is 30.9 Å². The van der Waals surface area contributed by atoms with E-state index in [1.54, 1.807) is 6.07 Å². The molecule has 1 N–H and O–H groups in total. The average Bonchev–Trinajstić information content (AvgIpc) is 2.54. The molecule has 0 saturated carbocycles. The first kappa shape index (κ1) is 17.9. The van der Waals surface area contributed by atoms with Crippen LogP contribution in [-0.2, 0) is 11.3 Å². The lowest BCUT2D eigenvalue weighted by Gasteiger charge is -2.15. The highest BCUT2D eigenvalue weighted by Crippen LogP contribution is 2.36. The first-order valence-electron chi connectivity index (χ1n) is 7.34. The summed E-state index contributed by atoms with van der Waals surface area (Å²) in [6.45, 7) is 3.88. The number of nitrogens with one attached hydrogen (secondary N) is 1. The molecule has 1 amide bonds. The number of carbonyl (C=O) groups is 1. The SMILES string of the molecule is CC(C)c1cc(Br)cc([N+](=O)[O-])c1NC(=O)OCc1ccccc1. The third kappa shape index (κ3) is 4.55. The van der Waals surface area contributed by atoms with Crippen molar-refractivity contribution in [1.29, 1.82) is 0 Å². The van der Waals surface area contributed by atoms with E-state index in [2.05, 4.69) is 21.2 Å². The van der Waals surface area contributed by atoms with E-state index in [-0.39, 0.29) is 23.9 Å². The maximum absolute atomic E-state index is 12.1. The van der Waals surface area contributed by atoms with Crippen molar-refractivity contribution >= 4 is 33.4 Å². The van der Waals surface area contributed by atoms with Crippen LogP contribution in [0.25, 0.3) is 0 Å². The lowest BCUT2D eigenvalue weighted by atomic mass is 10.00. The van der Waals surface area contributed by atoms with Crippen LogP contribution >= 0.6 is 15.9 Å². The van der Waals surface area contributed by atoms with E-state index in [9.17, 15) is 14.9 Å². The lowest BCUT2D eigenvalue weighted by Crippen LogP contribution is -2.16. The Hall–Kier alpha value is -2.41. The second-order valence-electron chi connectivity index (χ2n) is 5.49. The molecule has 2 aromatic rings. The van der Waals surface area contributed by atoms with E-state index in [0.29, 0.717) is 10.0 Å². The molecule has 0 spiro atoms. The molecule has 0 saturated heterocycles. The molecule has 2 rings (SSSR count). The number of rotatable bonds is 5. The van der Waals surface area contributed by atoms with Crippen molar-refractivity contribution < 1.29 is 14.5 Å². The normalized spacial score (nSPS) is 10.5. The summed E-state index contributed by atoms with van der Waals surface area (Å²) in [5, 5.41) is 13.8. The van der Waals surface area contributed by atoms with E-state index in [1.165, 1.54) is 6.07 Å². The number of amides is 1. The van der Waals surface area contributed by atoms with Gasteiger partial charge in [-0.25, -0.2) is 4.79 Å². The van der Waals surface area contributed by atoms with Gasteiger partial charge in [0.05, 0.1) is 4.92 Å². The van der Waals surface area contributed by atoms with Crippen LogP contribution in [0.5, 0.6) is 0 Å². The van der Waals surface area contributed by atoms with Gasteiger partial charge in [-0.2, -0.15) is 0 Å². The van der Waals surface area contributed by atoms with Gasteiger partial charge in [0.1, 0.15) is 12.3 Å². The topological polar surface area (TPSA) is 81.5 Å². The molecular weight excluding hydrogens is 376 g/mol. The molecule has 0 aromatic heterocycles. The number of nitro groups is 1. The van der Waals surface area contributed by atoms with Gasteiger partial charge in [0.25, 0.3) is 5.69 Å².